The van der Waals surface area contributed by atoms with E-state index in [1.807, 2.05) is 0 Å². The molecule has 2 aromatic rings. The van der Waals surface area contributed by atoms with Crippen LogP contribution in [0.15, 0.2) is 24.4 Å². The Morgan fingerprint density at radius 2 is 1.89 bits per heavy atom. The molecule has 1 amide bonds. The number of pyridine rings is 1. The summed E-state index contributed by atoms with van der Waals surface area (Å²) in [4.78, 5) is 15.6. The lowest BCUT2D eigenvalue weighted by Gasteiger charge is -2.09. The van der Waals surface area contributed by atoms with Gasteiger partial charge in [0.2, 0.25) is 0 Å². The molecule has 0 bridgehead atoms. The van der Waals surface area contributed by atoms with Gasteiger partial charge in [-0.1, -0.05) is 0 Å². The third-order valence-corrected chi connectivity index (χ3v) is 2.58. The van der Waals surface area contributed by atoms with Gasteiger partial charge in [-0.15, -0.1) is 0 Å². The van der Waals surface area contributed by atoms with Crippen LogP contribution in [0.2, 0.25) is 0 Å². The van der Waals surface area contributed by atoms with E-state index in [1.165, 1.54) is 6.20 Å². The van der Waals surface area contributed by atoms with E-state index in [0.29, 0.717) is 22.6 Å². The SMILES string of the molecule is COc1cc2cc(C(=O)NN)cnc2cc1OC. The second-order valence-corrected chi connectivity index (χ2v) is 3.60. The summed E-state index contributed by atoms with van der Waals surface area (Å²) < 4.78 is 10.4. The fourth-order valence-electron chi connectivity index (χ4n) is 1.66. The lowest BCUT2D eigenvalue weighted by Crippen LogP contribution is -2.30. The Balaban J connectivity index is 2.59. The number of nitrogens with two attached hydrogens (primary N) is 1. The Morgan fingerprint density at radius 1 is 1.22 bits per heavy atom. The van der Waals surface area contributed by atoms with Gasteiger partial charge in [0.25, 0.3) is 5.91 Å². The number of amides is 1. The van der Waals surface area contributed by atoms with E-state index in [9.17, 15) is 4.79 Å². The van der Waals surface area contributed by atoms with E-state index in [-0.39, 0.29) is 5.91 Å². The van der Waals surface area contributed by atoms with Crippen molar-refractivity contribution in [3.63, 3.8) is 0 Å². The molecule has 0 unspecified atom stereocenters. The van der Waals surface area contributed by atoms with Gasteiger partial charge < -0.3 is 9.47 Å². The maximum Gasteiger partial charge on any atom is 0.266 e. The summed E-state index contributed by atoms with van der Waals surface area (Å²) in [7, 11) is 3.10. The molecule has 94 valence electrons. The van der Waals surface area contributed by atoms with Crippen LogP contribution in [0.3, 0.4) is 0 Å². The molecule has 0 spiro atoms. The number of methoxy groups -OCH3 is 2. The summed E-state index contributed by atoms with van der Waals surface area (Å²) in [6, 6.07) is 5.19. The molecule has 18 heavy (non-hydrogen) atoms. The van der Waals surface area contributed by atoms with Gasteiger partial charge in [-0.3, -0.25) is 15.2 Å². The lowest BCUT2D eigenvalue weighted by atomic mass is 10.1. The molecule has 0 aliphatic heterocycles. The number of ether oxygens (including phenoxy) is 2. The highest BCUT2D eigenvalue weighted by Gasteiger charge is 2.09. The number of nitrogens with zero attached hydrogens (tertiary/aromatic N) is 1. The molecular weight excluding hydrogens is 234 g/mol. The molecule has 6 heteroatoms. The molecule has 1 aromatic carbocycles. The van der Waals surface area contributed by atoms with Crippen LogP contribution in [0.1, 0.15) is 10.4 Å². The number of nitrogens with one attached hydrogen (secondary N) is 1. The topological polar surface area (TPSA) is 86.5 Å². The van der Waals surface area contributed by atoms with E-state index in [1.54, 1.807) is 32.4 Å². The first kappa shape index (κ1) is 12.1. The Labute approximate surface area is 104 Å². The Kier molecular flexibility index (Phi) is 3.29. The summed E-state index contributed by atoms with van der Waals surface area (Å²) in [5.74, 6) is 5.86. The molecule has 3 N–H and O–H groups in total. The molecule has 1 aromatic heterocycles. The Bertz CT molecular complexity index is 598. The fraction of sp³-hybridized carbons (Fsp3) is 0.167. The molecule has 1 heterocycles. The van der Waals surface area contributed by atoms with Gasteiger partial charge in [0.1, 0.15) is 0 Å². The lowest BCUT2D eigenvalue weighted by molar-refractivity contribution is 0.0953. The number of hydrogen-bond acceptors (Lipinski definition) is 5. The first-order valence-electron chi connectivity index (χ1n) is 5.22. The first-order valence-corrected chi connectivity index (χ1v) is 5.22. The molecule has 6 nitrogen and oxygen atoms in total. The first-order chi connectivity index (χ1) is 8.69. The highest BCUT2D eigenvalue weighted by Crippen LogP contribution is 2.31. The maximum absolute atomic E-state index is 11.4. The van der Waals surface area contributed by atoms with Crippen molar-refractivity contribution in [2.75, 3.05) is 14.2 Å². The van der Waals surface area contributed by atoms with E-state index >= 15 is 0 Å². The van der Waals surface area contributed by atoms with Crippen molar-refractivity contribution in [2.45, 2.75) is 0 Å². The maximum atomic E-state index is 11.4. The number of hydrazine groups is 1. The average molecular weight is 247 g/mol. The summed E-state index contributed by atoms with van der Waals surface area (Å²) in [6.45, 7) is 0. The average Bonchev–Trinajstić information content (AvgIpc) is 2.44. The van der Waals surface area contributed by atoms with Crippen molar-refractivity contribution in [1.29, 1.82) is 0 Å². The van der Waals surface area contributed by atoms with Gasteiger partial charge in [0.05, 0.1) is 25.3 Å². The van der Waals surface area contributed by atoms with Gasteiger partial charge >= 0.3 is 0 Å². The van der Waals surface area contributed by atoms with Crippen LogP contribution < -0.4 is 20.7 Å². The predicted molar refractivity (Wildman–Crippen MR) is 66.5 cm³/mol. The zero-order valence-electron chi connectivity index (χ0n) is 10.1. The van der Waals surface area contributed by atoms with Crippen LogP contribution in [0, 0.1) is 0 Å². The number of fused-ring (bicyclic) bond motifs is 1. The number of nitrogen functional groups attached to an aromatic ring is 1. The van der Waals surface area contributed by atoms with Crippen LogP contribution in [0.5, 0.6) is 11.5 Å². The third kappa shape index (κ3) is 2.05. The van der Waals surface area contributed by atoms with Crippen molar-refractivity contribution in [1.82, 2.24) is 10.4 Å². The molecule has 0 atom stereocenters. The summed E-state index contributed by atoms with van der Waals surface area (Å²) in [6.07, 6.45) is 1.45. The van der Waals surface area contributed by atoms with Gasteiger partial charge in [-0.25, -0.2) is 5.84 Å². The number of carbonyl (C=O) groups excluding carboxylic acids is 1. The largest absolute Gasteiger partial charge is 0.493 e. The van der Waals surface area contributed by atoms with Crippen LogP contribution in [-0.2, 0) is 0 Å². The van der Waals surface area contributed by atoms with Crippen LogP contribution >= 0.6 is 0 Å². The van der Waals surface area contributed by atoms with E-state index in [2.05, 4.69) is 10.4 Å². The highest BCUT2D eigenvalue weighted by atomic mass is 16.5. The zero-order valence-corrected chi connectivity index (χ0v) is 10.1. The van der Waals surface area contributed by atoms with Gasteiger partial charge in [-0.05, 0) is 12.1 Å². The molecule has 0 aliphatic carbocycles. The van der Waals surface area contributed by atoms with Crippen molar-refractivity contribution in [2.24, 2.45) is 5.84 Å². The van der Waals surface area contributed by atoms with Gasteiger partial charge in [0, 0.05) is 17.6 Å². The number of rotatable bonds is 3. The molecule has 0 fully saturated rings. The van der Waals surface area contributed by atoms with Crippen LogP contribution in [0.4, 0.5) is 0 Å². The van der Waals surface area contributed by atoms with Crippen LogP contribution in [-0.4, -0.2) is 25.1 Å². The number of benzene rings is 1. The summed E-state index contributed by atoms with van der Waals surface area (Å²) in [5, 5.41) is 0.772. The van der Waals surface area contributed by atoms with Crippen molar-refractivity contribution in [3.05, 3.63) is 30.0 Å². The number of carbonyl (C=O) groups is 1. The van der Waals surface area contributed by atoms with E-state index < -0.39 is 0 Å². The second kappa shape index (κ2) is 4.89. The third-order valence-electron chi connectivity index (χ3n) is 2.58. The van der Waals surface area contributed by atoms with Crippen molar-refractivity contribution >= 4 is 16.8 Å². The summed E-state index contributed by atoms with van der Waals surface area (Å²) in [5.41, 5.74) is 3.16. The predicted octanol–water partition coefficient (Wildman–Crippen LogP) is 0.855. The standard InChI is InChI=1S/C12H13N3O3/c1-17-10-4-7-3-8(12(16)15-13)6-14-9(7)5-11(10)18-2/h3-6H,13H2,1-2H3,(H,15,16). The minimum Gasteiger partial charge on any atom is -0.493 e. The molecular formula is C12H13N3O3. The van der Waals surface area contributed by atoms with Crippen molar-refractivity contribution < 1.29 is 14.3 Å². The minimum atomic E-state index is -0.390. The summed E-state index contributed by atoms with van der Waals surface area (Å²) >= 11 is 0. The molecule has 0 saturated heterocycles. The quantitative estimate of drug-likeness (QED) is 0.477. The Morgan fingerprint density at radius 3 is 2.50 bits per heavy atom. The number of aromatic nitrogens is 1. The molecule has 2 rings (SSSR count). The normalized spacial score (nSPS) is 10.2. The van der Waals surface area contributed by atoms with E-state index in [4.69, 9.17) is 15.3 Å². The highest BCUT2D eigenvalue weighted by molar-refractivity contribution is 5.97. The van der Waals surface area contributed by atoms with E-state index in [0.717, 1.165) is 5.39 Å². The molecule has 0 saturated carbocycles. The minimum absolute atomic E-state index is 0.386. The molecule has 0 radical (unpaired) electrons. The second-order valence-electron chi connectivity index (χ2n) is 3.60. The monoisotopic (exact) mass is 247 g/mol. The van der Waals surface area contributed by atoms with Crippen molar-refractivity contribution in [3.8, 4) is 11.5 Å². The smallest absolute Gasteiger partial charge is 0.266 e. The Hall–Kier alpha value is -2.34. The van der Waals surface area contributed by atoms with Crippen LogP contribution in [0.25, 0.3) is 10.9 Å². The zero-order chi connectivity index (χ0) is 13.1. The number of hydrogen-bond donors (Lipinski definition) is 2. The van der Waals surface area contributed by atoms with Gasteiger partial charge in [-0.2, -0.15) is 0 Å². The van der Waals surface area contributed by atoms with Gasteiger partial charge in [0.15, 0.2) is 11.5 Å². The fourth-order valence-corrected chi connectivity index (χ4v) is 1.66. The molecule has 0 aliphatic rings.